The van der Waals surface area contributed by atoms with Gasteiger partial charge in [-0.15, -0.1) is 16.8 Å². The minimum absolute atomic E-state index is 0.292. The van der Waals surface area contributed by atoms with Gasteiger partial charge in [-0.3, -0.25) is 4.57 Å². The van der Waals surface area contributed by atoms with Gasteiger partial charge in [0.25, 0.3) is 0 Å². The van der Waals surface area contributed by atoms with E-state index in [0.29, 0.717) is 18.1 Å². The van der Waals surface area contributed by atoms with E-state index in [1.54, 1.807) is 23.9 Å². The first kappa shape index (κ1) is 19.2. The predicted molar refractivity (Wildman–Crippen MR) is 106 cm³/mol. The van der Waals surface area contributed by atoms with Crippen molar-refractivity contribution in [3.8, 4) is 5.75 Å². The van der Waals surface area contributed by atoms with Gasteiger partial charge in [0.05, 0.1) is 0 Å². The van der Waals surface area contributed by atoms with E-state index in [1.165, 1.54) is 23.3 Å². The molecule has 2 aromatic carbocycles. The Balaban J connectivity index is 1.75. The highest BCUT2D eigenvalue weighted by Gasteiger charge is 2.19. The molecule has 3 rings (SSSR count). The highest BCUT2D eigenvalue weighted by molar-refractivity contribution is 7.98. The molecule has 1 aromatic heterocycles. The van der Waals surface area contributed by atoms with E-state index in [1.807, 2.05) is 17.6 Å². The second-order valence-corrected chi connectivity index (χ2v) is 7.17. The number of nitrogens with zero attached hydrogens (tertiary/aromatic N) is 3. The fraction of sp³-hybridized carbons (Fsp3) is 0.238. The van der Waals surface area contributed by atoms with Crippen LogP contribution in [-0.4, -0.2) is 14.8 Å². The summed E-state index contributed by atoms with van der Waals surface area (Å²) in [7, 11) is 0. The van der Waals surface area contributed by atoms with Crippen molar-refractivity contribution in [2.75, 3.05) is 0 Å². The maximum Gasteiger partial charge on any atom is 0.191 e. The molecule has 0 aliphatic carbocycles. The van der Waals surface area contributed by atoms with Crippen LogP contribution in [0.15, 0.2) is 66.3 Å². The third-order valence-electron chi connectivity index (χ3n) is 4.00. The fourth-order valence-electron chi connectivity index (χ4n) is 2.73. The van der Waals surface area contributed by atoms with Gasteiger partial charge >= 0.3 is 0 Å². The lowest BCUT2D eigenvalue weighted by Gasteiger charge is -2.15. The average Bonchev–Trinajstić information content (AvgIpc) is 3.05. The number of aryl methyl sites for hydroxylation is 1. The van der Waals surface area contributed by atoms with Crippen molar-refractivity contribution < 1.29 is 9.13 Å². The zero-order valence-corrected chi connectivity index (χ0v) is 16.2. The van der Waals surface area contributed by atoms with Crippen LogP contribution in [0.4, 0.5) is 4.39 Å². The van der Waals surface area contributed by atoms with Crippen molar-refractivity contribution in [3.63, 3.8) is 0 Å². The Morgan fingerprint density at radius 1 is 1.22 bits per heavy atom. The van der Waals surface area contributed by atoms with Crippen LogP contribution in [0.1, 0.15) is 30.0 Å². The summed E-state index contributed by atoms with van der Waals surface area (Å²) in [6.07, 6.45) is 1.49. The Kier molecular flexibility index (Phi) is 6.29. The number of thioether (sulfide) groups is 1. The molecule has 1 heterocycles. The molecule has 0 radical (unpaired) electrons. The molecule has 0 saturated carbocycles. The van der Waals surface area contributed by atoms with Gasteiger partial charge in [-0.25, -0.2) is 4.39 Å². The van der Waals surface area contributed by atoms with Crippen LogP contribution in [0.2, 0.25) is 0 Å². The monoisotopic (exact) mass is 383 g/mol. The summed E-state index contributed by atoms with van der Waals surface area (Å²) in [5.74, 6) is 1.82. The number of rotatable bonds is 8. The molecule has 140 valence electrons. The van der Waals surface area contributed by atoms with Crippen molar-refractivity contribution in [2.45, 2.75) is 37.4 Å². The summed E-state index contributed by atoms with van der Waals surface area (Å²) in [6.45, 7) is 8.41. The molecule has 3 aromatic rings. The second kappa shape index (κ2) is 8.86. The molecular weight excluding hydrogens is 361 g/mol. The van der Waals surface area contributed by atoms with E-state index in [0.717, 1.165) is 10.9 Å². The third-order valence-corrected chi connectivity index (χ3v) is 5.04. The first-order valence-electron chi connectivity index (χ1n) is 8.71. The van der Waals surface area contributed by atoms with Gasteiger partial charge in [-0.2, -0.15) is 0 Å². The molecule has 1 atom stereocenters. The number of ether oxygens (including phenoxy) is 1. The van der Waals surface area contributed by atoms with Crippen LogP contribution in [0.3, 0.4) is 0 Å². The number of halogens is 1. The van der Waals surface area contributed by atoms with Crippen LogP contribution in [-0.2, 0) is 12.3 Å². The Labute approximate surface area is 163 Å². The minimum atomic E-state index is -0.323. The van der Waals surface area contributed by atoms with Crippen LogP contribution in [0, 0.1) is 12.7 Å². The average molecular weight is 383 g/mol. The van der Waals surface area contributed by atoms with Crippen LogP contribution in [0.5, 0.6) is 5.75 Å². The molecule has 0 bridgehead atoms. The van der Waals surface area contributed by atoms with Crippen molar-refractivity contribution in [1.29, 1.82) is 0 Å². The molecule has 0 spiro atoms. The molecule has 0 saturated heterocycles. The van der Waals surface area contributed by atoms with E-state index >= 15 is 0 Å². The summed E-state index contributed by atoms with van der Waals surface area (Å²) in [5.41, 5.74) is 2.48. The van der Waals surface area contributed by atoms with Crippen molar-refractivity contribution in [1.82, 2.24) is 14.8 Å². The topological polar surface area (TPSA) is 39.9 Å². The molecule has 0 aliphatic heterocycles. The van der Waals surface area contributed by atoms with Gasteiger partial charge < -0.3 is 4.74 Å². The highest BCUT2D eigenvalue weighted by atomic mass is 32.2. The van der Waals surface area contributed by atoms with Gasteiger partial charge in [0.15, 0.2) is 17.1 Å². The minimum Gasteiger partial charge on any atom is -0.483 e. The molecule has 0 N–H and O–H groups in total. The Morgan fingerprint density at radius 2 is 2.00 bits per heavy atom. The first-order chi connectivity index (χ1) is 13.1. The second-order valence-electron chi connectivity index (χ2n) is 6.23. The van der Waals surface area contributed by atoms with Crippen LogP contribution >= 0.6 is 11.8 Å². The SMILES string of the molecule is C=CCn1c(SCc2cccc(C)c2)nnc1C(C)Oc1ccc(F)cc1. The number of hydrogen-bond acceptors (Lipinski definition) is 4. The Bertz CT molecular complexity index is 908. The summed E-state index contributed by atoms with van der Waals surface area (Å²) in [5, 5.41) is 9.48. The van der Waals surface area contributed by atoms with Gasteiger partial charge in [0.2, 0.25) is 0 Å². The number of allylic oxidation sites excluding steroid dienone is 1. The van der Waals surface area contributed by atoms with Gasteiger partial charge in [0.1, 0.15) is 11.6 Å². The predicted octanol–water partition coefficient (Wildman–Crippen LogP) is 5.34. The zero-order valence-electron chi connectivity index (χ0n) is 15.4. The maximum absolute atomic E-state index is 13.1. The lowest BCUT2D eigenvalue weighted by molar-refractivity contribution is 0.210. The van der Waals surface area contributed by atoms with Crippen molar-refractivity contribution in [2.24, 2.45) is 0 Å². The van der Waals surface area contributed by atoms with Crippen molar-refractivity contribution in [3.05, 3.63) is 84.0 Å². The van der Waals surface area contributed by atoms with Crippen LogP contribution in [0.25, 0.3) is 0 Å². The van der Waals surface area contributed by atoms with E-state index in [-0.39, 0.29) is 11.9 Å². The fourth-order valence-corrected chi connectivity index (χ4v) is 3.63. The van der Waals surface area contributed by atoms with Crippen molar-refractivity contribution >= 4 is 11.8 Å². The standard InChI is InChI=1S/C21H22FN3OS/c1-4-12-25-20(16(3)26-19-10-8-18(22)9-11-19)23-24-21(25)27-14-17-7-5-6-15(2)13-17/h4-11,13,16H,1,12,14H2,2-3H3. The summed E-state index contributed by atoms with van der Waals surface area (Å²) < 4.78 is 21.0. The summed E-state index contributed by atoms with van der Waals surface area (Å²) in [6, 6.07) is 14.4. The van der Waals surface area contributed by atoms with E-state index in [2.05, 4.69) is 48.0 Å². The lowest BCUT2D eigenvalue weighted by Crippen LogP contribution is -2.12. The van der Waals surface area contributed by atoms with E-state index < -0.39 is 0 Å². The lowest BCUT2D eigenvalue weighted by atomic mass is 10.2. The quantitative estimate of drug-likeness (QED) is 0.389. The highest BCUT2D eigenvalue weighted by Crippen LogP contribution is 2.27. The number of aromatic nitrogens is 3. The summed E-state index contributed by atoms with van der Waals surface area (Å²) >= 11 is 1.63. The Hall–Kier alpha value is -2.60. The maximum atomic E-state index is 13.1. The smallest absolute Gasteiger partial charge is 0.191 e. The third kappa shape index (κ3) is 4.98. The molecule has 1 unspecified atom stereocenters. The molecule has 6 heteroatoms. The van der Waals surface area contributed by atoms with E-state index in [4.69, 9.17) is 4.74 Å². The molecule has 0 amide bonds. The van der Waals surface area contributed by atoms with Gasteiger partial charge in [0, 0.05) is 12.3 Å². The van der Waals surface area contributed by atoms with Crippen LogP contribution < -0.4 is 4.74 Å². The normalized spacial score (nSPS) is 12.0. The molecule has 27 heavy (non-hydrogen) atoms. The molecule has 0 aliphatic rings. The number of benzene rings is 2. The largest absolute Gasteiger partial charge is 0.483 e. The Morgan fingerprint density at radius 3 is 2.70 bits per heavy atom. The zero-order chi connectivity index (χ0) is 19.2. The first-order valence-corrected chi connectivity index (χ1v) is 9.70. The van der Waals surface area contributed by atoms with E-state index in [9.17, 15) is 4.39 Å². The molecule has 4 nitrogen and oxygen atoms in total. The van der Waals surface area contributed by atoms with Gasteiger partial charge in [-0.1, -0.05) is 47.7 Å². The molecule has 0 fully saturated rings. The molecular formula is C21H22FN3OS. The summed E-state index contributed by atoms with van der Waals surface area (Å²) in [4.78, 5) is 0. The number of hydrogen-bond donors (Lipinski definition) is 0. The van der Waals surface area contributed by atoms with Gasteiger partial charge in [-0.05, 0) is 43.7 Å².